The fourth-order valence-corrected chi connectivity index (χ4v) is 7.57. The summed E-state index contributed by atoms with van der Waals surface area (Å²) < 4.78 is 24.5. The van der Waals surface area contributed by atoms with Gasteiger partial charge in [-0.1, -0.05) is 70.6 Å². The molecule has 3 aliphatic carbocycles. The Morgan fingerprint density at radius 2 is 0.645 bits per heavy atom. The Labute approximate surface area is 192 Å². The van der Waals surface area contributed by atoms with Gasteiger partial charge in [0.2, 0.25) is 0 Å². The molecule has 3 fully saturated rings. The Kier molecular flexibility index (Phi) is 12.2. The van der Waals surface area contributed by atoms with Gasteiger partial charge in [0.15, 0.2) is 0 Å². The molecule has 0 aromatic carbocycles. The van der Waals surface area contributed by atoms with Gasteiger partial charge in [-0.3, -0.25) is 8.78 Å². The molecule has 0 nitrogen and oxygen atoms in total. The highest BCUT2D eigenvalue weighted by atomic mass is 19.1. The molecule has 0 N–H and O–H groups in total. The van der Waals surface area contributed by atoms with Gasteiger partial charge in [-0.05, 0) is 99.7 Å². The Morgan fingerprint density at radius 1 is 0.355 bits per heavy atom. The van der Waals surface area contributed by atoms with Gasteiger partial charge < -0.3 is 0 Å². The number of alkyl halides is 2. The van der Waals surface area contributed by atoms with Crippen molar-refractivity contribution < 1.29 is 8.78 Å². The van der Waals surface area contributed by atoms with Crippen LogP contribution in [0.5, 0.6) is 0 Å². The summed E-state index contributed by atoms with van der Waals surface area (Å²) in [5.41, 5.74) is 0. The van der Waals surface area contributed by atoms with E-state index in [4.69, 9.17) is 0 Å². The fraction of sp³-hybridized carbons (Fsp3) is 1.00. The average molecular weight is 439 g/mol. The van der Waals surface area contributed by atoms with Crippen LogP contribution >= 0.6 is 0 Å². The van der Waals surface area contributed by atoms with Crippen LogP contribution in [0.3, 0.4) is 0 Å². The van der Waals surface area contributed by atoms with Crippen molar-refractivity contribution in [3.05, 3.63) is 0 Å². The molecule has 0 saturated heterocycles. The van der Waals surface area contributed by atoms with Gasteiger partial charge in [0.25, 0.3) is 0 Å². The maximum atomic E-state index is 12.3. The van der Waals surface area contributed by atoms with Crippen molar-refractivity contribution in [2.45, 2.75) is 135 Å². The van der Waals surface area contributed by atoms with Crippen LogP contribution in [0.4, 0.5) is 8.78 Å². The van der Waals surface area contributed by atoms with Crippen molar-refractivity contribution in [1.82, 2.24) is 0 Å². The summed E-state index contributed by atoms with van der Waals surface area (Å²) in [6.45, 7) is -0.251. The summed E-state index contributed by atoms with van der Waals surface area (Å²) in [6.07, 6.45) is 28.3. The highest BCUT2D eigenvalue weighted by molar-refractivity contribution is 4.86. The minimum atomic E-state index is -0.129. The topological polar surface area (TPSA) is 0 Å². The maximum Gasteiger partial charge on any atom is 0.0894 e. The number of unbranched alkanes of at least 4 members (excludes halogenated alkanes) is 5. The average Bonchev–Trinajstić information content (AvgIpc) is 2.82. The lowest BCUT2D eigenvalue weighted by Crippen LogP contribution is -2.29. The summed E-state index contributed by atoms with van der Waals surface area (Å²) in [6, 6.07) is 0. The van der Waals surface area contributed by atoms with Crippen molar-refractivity contribution in [2.75, 3.05) is 13.3 Å². The predicted molar refractivity (Wildman–Crippen MR) is 130 cm³/mol. The first-order valence-electron chi connectivity index (χ1n) is 14.4. The van der Waals surface area contributed by atoms with Crippen LogP contribution in [0, 0.1) is 35.5 Å². The first-order chi connectivity index (χ1) is 15.3. The van der Waals surface area contributed by atoms with Crippen LogP contribution in [-0.4, -0.2) is 13.3 Å². The molecular formula is C29H52F2. The van der Waals surface area contributed by atoms with Gasteiger partial charge in [0.1, 0.15) is 0 Å². The Morgan fingerprint density at radius 3 is 1.06 bits per heavy atom. The predicted octanol–water partition coefficient (Wildman–Crippen LogP) is 9.86. The lowest BCUT2D eigenvalue weighted by Gasteiger charge is -2.41. The quantitative estimate of drug-likeness (QED) is 0.251. The first-order valence-corrected chi connectivity index (χ1v) is 14.4. The molecule has 0 atom stereocenters. The van der Waals surface area contributed by atoms with E-state index < -0.39 is 0 Å². The van der Waals surface area contributed by atoms with Crippen LogP contribution in [0.25, 0.3) is 0 Å². The second-order valence-electron chi connectivity index (χ2n) is 11.7. The molecule has 3 aliphatic rings. The summed E-state index contributed by atoms with van der Waals surface area (Å²) >= 11 is 0. The van der Waals surface area contributed by atoms with Gasteiger partial charge in [0, 0.05) is 0 Å². The third-order valence-electron chi connectivity index (χ3n) is 9.67. The van der Waals surface area contributed by atoms with Crippen LogP contribution in [0.15, 0.2) is 0 Å². The van der Waals surface area contributed by atoms with Crippen molar-refractivity contribution in [1.29, 1.82) is 0 Å². The zero-order valence-electron chi connectivity index (χ0n) is 20.5. The van der Waals surface area contributed by atoms with Crippen LogP contribution in [0.1, 0.15) is 135 Å². The number of halogens is 2. The fourth-order valence-electron chi connectivity index (χ4n) is 7.57. The normalized spacial score (nSPS) is 34.6. The molecule has 182 valence electrons. The minimum Gasteiger partial charge on any atom is -0.251 e. The molecule has 3 saturated carbocycles. The second kappa shape index (κ2) is 14.9. The zero-order valence-corrected chi connectivity index (χ0v) is 20.5. The van der Waals surface area contributed by atoms with Crippen LogP contribution in [-0.2, 0) is 0 Å². The molecule has 0 amide bonds. The molecule has 0 aromatic rings. The lowest BCUT2D eigenvalue weighted by molar-refractivity contribution is 0.102. The third-order valence-corrected chi connectivity index (χ3v) is 9.67. The van der Waals surface area contributed by atoms with E-state index in [1.54, 1.807) is 0 Å². The summed E-state index contributed by atoms with van der Waals surface area (Å²) in [5, 5.41) is 0. The highest BCUT2D eigenvalue weighted by Crippen LogP contribution is 2.46. The van der Waals surface area contributed by atoms with E-state index in [2.05, 4.69) is 0 Å². The molecule has 0 spiro atoms. The van der Waals surface area contributed by atoms with E-state index in [-0.39, 0.29) is 13.3 Å². The minimum absolute atomic E-state index is 0.122. The van der Waals surface area contributed by atoms with Crippen molar-refractivity contribution in [3.63, 3.8) is 0 Å². The number of hydrogen-bond donors (Lipinski definition) is 0. The molecule has 0 bridgehead atoms. The molecule has 3 rings (SSSR count). The SMILES string of the molecule is FCCCCCCCC1CCC(C2CCC(C3CCC(CCCCF)CC3)CC2)CC1. The van der Waals surface area contributed by atoms with Crippen molar-refractivity contribution in [3.8, 4) is 0 Å². The molecular weight excluding hydrogens is 386 g/mol. The van der Waals surface area contributed by atoms with Crippen LogP contribution < -0.4 is 0 Å². The van der Waals surface area contributed by atoms with Gasteiger partial charge >= 0.3 is 0 Å². The van der Waals surface area contributed by atoms with Crippen LogP contribution in [0.2, 0.25) is 0 Å². The number of hydrogen-bond acceptors (Lipinski definition) is 0. The molecule has 0 aromatic heterocycles. The first kappa shape index (κ1) is 25.5. The summed E-state index contributed by atoms with van der Waals surface area (Å²) in [7, 11) is 0. The van der Waals surface area contributed by atoms with E-state index >= 15 is 0 Å². The molecule has 0 unspecified atom stereocenters. The maximum absolute atomic E-state index is 12.3. The van der Waals surface area contributed by atoms with E-state index in [1.807, 2.05) is 0 Å². The van der Waals surface area contributed by atoms with E-state index in [0.717, 1.165) is 61.2 Å². The van der Waals surface area contributed by atoms with E-state index in [1.165, 1.54) is 109 Å². The Balaban J connectivity index is 1.24. The van der Waals surface area contributed by atoms with Gasteiger partial charge in [-0.2, -0.15) is 0 Å². The molecule has 0 heterocycles. The summed E-state index contributed by atoms with van der Waals surface area (Å²) in [4.78, 5) is 0. The largest absolute Gasteiger partial charge is 0.251 e. The Hall–Kier alpha value is -0.140. The zero-order chi connectivity index (χ0) is 21.7. The third kappa shape index (κ3) is 8.96. The monoisotopic (exact) mass is 438 g/mol. The molecule has 0 radical (unpaired) electrons. The molecule has 0 aliphatic heterocycles. The second-order valence-corrected chi connectivity index (χ2v) is 11.7. The van der Waals surface area contributed by atoms with Crippen molar-refractivity contribution >= 4 is 0 Å². The summed E-state index contributed by atoms with van der Waals surface area (Å²) in [5.74, 6) is 6.01. The van der Waals surface area contributed by atoms with Crippen molar-refractivity contribution in [2.24, 2.45) is 35.5 Å². The molecule has 2 heteroatoms. The highest BCUT2D eigenvalue weighted by Gasteiger charge is 2.34. The smallest absolute Gasteiger partial charge is 0.0894 e. The van der Waals surface area contributed by atoms with Gasteiger partial charge in [0.05, 0.1) is 13.3 Å². The standard InChI is InChI=1S/C29H52F2/c30-22-6-3-1-2-4-8-24-10-14-26(15-11-24)28-18-20-29(21-19-28)27-16-12-25(13-17-27)9-5-7-23-31/h24-29H,1-23H2. The van der Waals surface area contributed by atoms with Gasteiger partial charge in [-0.25, -0.2) is 0 Å². The molecule has 31 heavy (non-hydrogen) atoms. The Bertz CT molecular complexity index is 426. The van der Waals surface area contributed by atoms with Gasteiger partial charge in [-0.15, -0.1) is 0 Å². The lowest BCUT2D eigenvalue weighted by atomic mass is 9.64. The number of rotatable bonds is 13. The van der Waals surface area contributed by atoms with E-state index in [0.29, 0.717) is 0 Å². The van der Waals surface area contributed by atoms with E-state index in [9.17, 15) is 8.78 Å².